The maximum Gasteiger partial charge on any atom is 0.245 e. The van der Waals surface area contributed by atoms with E-state index in [2.05, 4.69) is 17.9 Å². The first-order valence-electron chi connectivity index (χ1n) is 5.02. The Hall–Kier alpha value is -0.750. The van der Waals surface area contributed by atoms with E-state index in [1.54, 1.807) is 20.9 Å². The van der Waals surface area contributed by atoms with Crippen molar-refractivity contribution in [2.24, 2.45) is 0 Å². The second kappa shape index (κ2) is 6.10. The third kappa shape index (κ3) is 5.97. The average Bonchev–Trinajstić information content (AvgIpc) is 2.09. The number of amides is 2. The third-order valence-electron chi connectivity index (χ3n) is 1.86. The van der Waals surface area contributed by atoms with Gasteiger partial charge in [0.2, 0.25) is 11.8 Å². The molecular formula is C10H20N2O3S. The summed E-state index contributed by atoms with van der Waals surface area (Å²) in [6, 6.07) is -0.645. The summed E-state index contributed by atoms with van der Waals surface area (Å²) in [5, 5.41) is 12.1. The van der Waals surface area contributed by atoms with Gasteiger partial charge in [-0.15, -0.1) is 0 Å². The number of aliphatic hydroxyl groups is 1. The molecule has 0 aromatic carbocycles. The highest BCUT2D eigenvalue weighted by Gasteiger charge is 2.25. The van der Waals surface area contributed by atoms with E-state index in [9.17, 15) is 14.7 Å². The molecule has 0 radical (unpaired) electrons. The molecule has 2 N–H and O–H groups in total. The Bertz CT molecular complexity index is 263. The molecule has 0 aromatic heterocycles. The van der Waals surface area contributed by atoms with Crippen LogP contribution < -0.4 is 5.32 Å². The predicted molar refractivity (Wildman–Crippen MR) is 65.4 cm³/mol. The van der Waals surface area contributed by atoms with Crippen molar-refractivity contribution < 1.29 is 14.7 Å². The molecule has 1 atom stereocenters. The first-order valence-corrected chi connectivity index (χ1v) is 5.66. The van der Waals surface area contributed by atoms with E-state index in [0.29, 0.717) is 0 Å². The SMILES string of the molecule is CC(=O)NC(CS)C(=O)N(C)CC(C)(C)O. The molecule has 0 aliphatic carbocycles. The van der Waals surface area contributed by atoms with Gasteiger partial charge >= 0.3 is 0 Å². The molecule has 5 nitrogen and oxygen atoms in total. The normalized spacial score (nSPS) is 13.1. The number of hydrogen-bond donors (Lipinski definition) is 3. The van der Waals surface area contributed by atoms with Crippen LogP contribution in [0.3, 0.4) is 0 Å². The Morgan fingerprint density at radius 1 is 1.50 bits per heavy atom. The summed E-state index contributed by atoms with van der Waals surface area (Å²) in [6.45, 7) is 4.78. The van der Waals surface area contributed by atoms with Crippen LogP contribution >= 0.6 is 12.6 Å². The van der Waals surface area contributed by atoms with Gasteiger partial charge in [-0.25, -0.2) is 0 Å². The number of nitrogens with zero attached hydrogens (tertiary/aromatic N) is 1. The maximum atomic E-state index is 11.8. The lowest BCUT2D eigenvalue weighted by Crippen LogP contribution is -2.50. The molecule has 6 heteroatoms. The first-order chi connectivity index (χ1) is 7.17. The number of likely N-dealkylation sites (N-methyl/N-ethyl adjacent to an activating group) is 1. The predicted octanol–water partition coefficient (Wildman–Crippen LogP) is -0.350. The van der Waals surface area contributed by atoms with E-state index < -0.39 is 11.6 Å². The van der Waals surface area contributed by atoms with Crippen LogP contribution in [0.2, 0.25) is 0 Å². The largest absolute Gasteiger partial charge is 0.389 e. The fourth-order valence-corrected chi connectivity index (χ4v) is 1.60. The fraction of sp³-hybridized carbons (Fsp3) is 0.800. The highest BCUT2D eigenvalue weighted by molar-refractivity contribution is 7.80. The minimum Gasteiger partial charge on any atom is -0.389 e. The molecule has 0 fully saturated rings. The van der Waals surface area contributed by atoms with Gasteiger partial charge in [-0.2, -0.15) is 12.6 Å². The molecule has 16 heavy (non-hydrogen) atoms. The lowest BCUT2D eigenvalue weighted by Gasteiger charge is -2.28. The fourth-order valence-electron chi connectivity index (χ4n) is 1.36. The second-order valence-corrected chi connectivity index (χ2v) is 4.81. The van der Waals surface area contributed by atoms with Crippen LogP contribution in [0.15, 0.2) is 0 Å². The van der Waals surface area contributed by atoms with Gasteiger partial charge in [0.25, 0.3) is 0 Å². The van der Waals surface area contributed by atoms with Gasteiger partial charge in [0.15, 0.2) is 0 Å². The molecule has 0 heterocycles. The number of carbonyl (C=O) groups is 2. The molecule has 1 unspecified atom stereocenters. The van der Waals surface area contributed by atoms with Gasteiger partial charge in [0.05, 0.1) is 5.60 Å². The zero-order valence-corrected chi connectivity index (χ0v) is 11.0. The molecule has 0 aliphatic heterocycles. The summed E-state index contributed by atoms with van der Waals surface area (Å²) in [5.41, 5.74) is -0.957. The van der Waals surface area contributed by atoms with Crippen molar-refractivity contribution in [1.29, 1.82) is 0 Å². The summed E-state index contributed by atoms with van der Waals surface area (Å²) in [4.78, 5) is 24.1. The molecule has 94 valence electrons. The lowest BCUT2D eigenvalue weighted by atomic mass is 10.1. The van der Waals surface area contributed by atoms with E-state index in [4.69, 9.17) is 0 Å². The molecule has 0 rings (SSSR count). The Balaban J connectivity index is 4.44. The summed E-state index contributed by atoms with van der Waals surface area (Å²) >= 11 is 4.01. The molecule has 0 bridgehead atoms. The Morgan fingerprint density at radius 2 is 2.00 bits per heavy atom. The van der Waals surface area contributed by atoms with E-state index in [1.807, 2.05) is 0 Å². The first kappa shape index (κ1) is 15.2. The van der Waals surface area contributed by atoms with Crippen molar-refractivity contribution in [3.05, 3.63) is 0 Å². The number of nitrogens with one attached hydrogen (secondary N) is 1. The standard InChI is InChI=1S/C10H20N2O3S/c1-7(13)11-8(5-16)9(14)12(4)6-10(2,3)15/h8,15-16H,5-6H2,1-4H3,(H,11,13). The van der Waals surface area contributed by atoms with E-state index in [-0.39, 0.29) is 24.1 Å². The van der Waals surface area contributed by atoms with Crippen LogP contribution in [0, 0.1) is 0 Å². The highest BCUT2D eigenvalue weighted by Crippen LogP contribution is 2.05. The van der Waals surface area contributed by atoms with Crippen LogP contribution in [0.5, 0.6) is 0 Å². The number of thiol groups is 1. The quantitative estimate of drug-likeness (QED) is 0.583. The molecule has 0 saturated heterocycles. The smallest absolute Gasteiger partial charge is 0.245 e. The topological polar surface area (TPSA) is 69.6 Å². The van der Waals surface area contributed by atoms with Crippen molar-refractivity contribution in [3.63, 3.8) is 0 Å². The number of rotatable bonds is 5. The summed E-state index contributed by atoms with van der Waals surface area (Å²) in [7, 11) is 1.58. The summed E-state index contributed by atoms with van der Waals surface area (Å²) < 4.78 is 0. The second-order valence-electron chi connectivity index (χ2n) is 4.44. The minimum atomic E-state index is -0.957. The van der Waals surface area contributed by atoms with Gasteiger partial charge in [-0.05, 0) is 13.8 Å². The maximum absolute atomic E-state index is 11.8. The van der Waals surface area contributed by atoms with Gasteiger partial charge < -0.3 is 15.3 Å². The zero-order chi connectivity index (χ0) is 12.9. The van der Waals surface area contributed by atoms with Crippen molar-refractivity contribution in [2.45, 2.75) is 32.4 Å². The number of carbonyl (C=O) groups excluding carboxylic acids is 2. The van der Waals surface area contributed by atoms with Crippen LogP contribution in [-0.2, 0) is 9.59 Å². The summed E-state index contributed by atoms with van der Waals surface area (Å²) in [6.07, 6.45) is 0. The highest BCUT2D eigenvalue weighted by atomic mass is 32.1. The van der Waals surface area contributed by atoms with Crippen LogP contribution in [0.25, 0.3) is 0 Å². The summed E-state index contributed by atoms with van der Waals surface area (Å²) in [5.74, 6) is -0.300. The molecule has 0 aromatic rings. The van der Waals surface area contributed by atoms with Gasteiger partial charge in [0.1, 0.15) is 6.04 Å². The lowest BCUT2D eigenvalue weighted by molar-refractivity contribution is -0.136. The molecule has 2 amide bonds. The van der Waals surface area contributed by atoms with Gasteiger partial charge in [-0.3, -0.25) is 9.59 Å². The van der Waals surface area contributed by atoms with E-state index in [0.717, 1.165) is 0 Å². The van der Waals surface area contributed by atoms with Crippen LogP contribution in [0.4, 0.5) is 0 Å². The van der Waals surface area contributed by atoms with E-state index >= 15 is 0 Å². The van der Waals surface area contributed by atoms with E-state index in [1.165, 1.54) is 11.8 Å². The van der Waals surface area contributed by atoms with Crippen LogP contribution in [0.1, 0.15) is 20.8 Å². The molecular weight excluding hydrogens is 228 g/mol. The third-order valence-corrected chi connectivity index (χ3v) is 2.22. The zero-order valence-electron chi connectivity index (χ0n) is 10.1. The van der Waals surface area contributed by atoms with Crippen molar-refractivity contribution in [3.8, 4) is 0 Å². The Kier molecular flexibility index (Phi) is 5.81. The molecule has 0 spiro atoms. The van der Waals surface area contributed by atoms with Crippen molar-refractivity contribution in [2.75, 3.05) is 19.3 Å². The van der Waals surface area contributed by atoms with Crippen molar-refractivity contribution in [1.82, 2.24) is 10.2 Å². The monoisotopic (exact) mass is 248 g/mol. The Labute approximate surface area is 102 Å². The van der Waals surface area contributed by atoms with Gasteiger partial charge in [0, 0.05) is 26.3 Å². The minimum absolute atomic E-state index is 0.204. The van der Waals surface area contributed by atoms with Crippen molar-refractivity contribution >= 4 is 24.4 Å². The number of hydrogen-bond acceptors (Lipinski definition) is 4. The van der Waals surface area contributed by atoms with Crippen LogP contribution in [-0.4, -0.2) is 52.8 Å². The average molecular weight is 248 g/mol. The Morgan fingerprint density at radius 3 is 2.31 bits per heavy atom. The molecule has 0 saturated carbocycles. The molecule has 0 aliphatic rings. The van der Waals surface area contributed by atoms with Gasteiger partial charge in [-0.1, -0.05) is 0 Å².